The Bertz CT molecular complexity index is 4320. The molecular formula is C72H52BBrN2O6. The summed E-state index contributed by atoms with van der Waals surface area (Å²) in [6, 6.07) is 100. The number of ether oxygens (including phenoxy) is 4. The Hall–Kier alpha value is -10.1. The highest BCUT2D eigenvalue weighted by Gasteiger charge is 2.16. The molecule has 0 aliphatic carbocycles. The van der Waals surface area contributed by atoms with Crippen LogP contribution in [0.4, 0.5) is 0 Å². The van der Waals surface area contributed by atoms with Gasteiger partial charge >= 0.3 is 7.12 Å². The number of fused-ring (bicyclic) bond motifs is 6. The van der Waals surface area contributed by atoms with Crippen LogP contribution in [0.3, 0.4) is 0 Å². The molecule has 0 saturated heterocycles. The predicted octanol–water partition coefficient (Wildman–Crippen LogP) is 18.5. The lowest BCUT2D eigenvalue weighted by Crippen LogP contribution is -2.29. The lowest BCUT2D eigenvalue weighted by molar-refractivity contribution is 0.425. The van der Waals surface area contributed by atoms with E-state index in [9.17, 15) is 10.0 Å². The van der Waals surface area contributed by atoms with Gasteiger partial charge in [-0.05, 0) is 148 Å². The third-order valence-electron chi connectivity index (χ3n) is 13.8. The van der Waals surface area contributed by atoms with Gasteiger partial charge in [0.05, 0.1) is 26.5 Å². The highest BCUT2D eigenvalue weighted by Crippen LogP contribution is 2.40. The van der Waals surface area contributed by atoms with Gasteiger partial charge in [0.2, 0.25) is 0 Å². The van der Waals surface area contributed by atoms with E-state index in [4.69, 9.17) is 18.9 Å². The van der Waals surface area contributed by atoms with Gasteiger partial charge in [0, 0.05) is 50.6 Å². The topological polar surface area (TPSA) is 87.2 Å². The summed E-state index contributed by atoms with van der Waals surface area (Å²) in [5, 5.41) is 23.4. The Kier molecular flexibility index (Phi) is 15.7. The molecule has 2 N–H and O–H groups in total. The van der Waals surface area contributed by atoms with E-state index < -0.39 is 7.12 Å². The number of hydrogen-bond donors (Lipinski definition) is 2. The molecule has 12 aromatic carbocycles. The van der Waals surface area contributed by atoms with Crippen molar-refractivity contribution in [3.8, 4) is 68.5 Å². The third-order valence-corrected chi connectivity index (χ3v) is 14.5. The van der Waals surface area contributed by atoms with Gasteiger partial charge in [-0.2, -0.15) is 0 Å². The molecule has 0 saturated carbocycles. The molecule has 2 aromatic heterocycles. The maximum Gasteiger partial charge on any atom is 0.488 e. The number of para-hydroxylation sites is 8. The largest absolute Gasteiger partial charge is 0.488 e. The van der Waals surface area contributed by atoms with E-state index in [1.807, 2.05) is 188 Å². The Morgan fingerprint density at radius 2 is 0.622 bits per heavy atom. The van der Waals surface area contributed by atoms with Crippen molar-refractivity contribution in [2.45, 2.75) is 0 Å². The van der Waals surface area contributed by atoms with Crippen LogP contribution >= 0.6 is 15.9 Å². The molecule has 0 aliphatic rings. The zero-order chi connectivity index (χ0) is 55.6. The van der Waals surface area contributed by atoms with Crippen LogP contribution in [0, 0.1) is 0 Å². The average Bonchev–Trinajstić information content (AvgIpc) is 4.28. The Balaban J connectivity index is 0.000000132. The van der Waals surface area contributed by atoms with E-state index in [-0.39, 0.29) is 0 Å². The number of benzene rings is 12. The van der Waals surface area contributed by atoms with E-state index in [1.54, 1.807) is 12.1 Å². The second kappa shape index (κ2) is 24.5. The summed E-state index contributed by atoms with van der Waals surface area (Å²) in [5.74, 6) is 6.05. The van der Waals surface area contributed by atoms with Crippen molar-refractivity contribution in [3.05, 3.63) is 308 Å². The molecule has 0 spiro atoms. The van der Waals surface area contributed by atoms with Gasteiger partial charge in [0.1, 0.15) is 46.0 Å². The van der Waals surface area contributed by atoms with Gasteiger partial charge in [-0.3, -0.25) is 0 Å². The first-order valence-electron chi connectivity index (χ1n) is 26.8. The van der Waals surface area contributed by atoms with Gasteiger partial charge in [-0.15, -0.1) is 0 Å². The number of aromatic nitrogens is 2. The summed E-state index contributed by atoms with van der Waals surface area (Å²) in [6.07, 6.45) is 0. The number of nitrogens with zero attached hydrogens (tertiary/aromatic N) is 2. The van der Waals surface area contributed by atoms with Crippen LogP contribution in [0.1, 0.15) is 0 Å². The number of halogens is 1. The molecule has 8 nitrogen and oxygen atoms in total. The fourth-order valence-electron chi connectivity index (χ4n) is 9.98. The van der Waals surface area contributed by atoms with Crippen molar-refractivity contribution in [1.29, 1.82) is 0 Å². The summed E-state index contributed by atoms with van der Waals surface area (Å²) < 4.78 is 29.6. The van der Waals surface area contributed by atoms with Crippen molar-refractivity contribution in [3.63, 3.8) is 0 Å². The van der Waals surface area contributed by atoms with Gasteiger partial charge in [0.15, 0.2) is 0 Å². The van der Waals surface area contributed by atoms with E-state index in [1.165, 1.54) is 32.6 Å². The second-order valence-corrected chi connectivity index (χ2v) is 20.0. The first kappa shape index (κ1) is 52.6. The van der Waals surface area contributed by atoms with Gasteiger partial charge < -0.3 is 38.1 Å². The van der Waals surface area contributed by atoms with Crippen molar-refractivity contribution < 1.29 is 29.0 Å². The summed E-state index contributed by atoms with van der Waals surface area (Å²) >= 11 is 3.49. The fraction of sp³-hybridized carbons (Fsp3) is 0. The highest BCUT2D eigenvalue weighted by molar-refractivity contribution is 9.10. The summed E-state index contributed by atoms with van der Waals surface area (Å²) in [6.45, 7) is 0. The Labute approximate surface area is 483 Å². The first-order valence-corrected chi connectivity index (χ1v) is 27.6. The van der Waals surface area contributed by atoms with Gasteiger partial charge in [-0.1, -0.05) is 170 Å². The molecule has 0 atom stereocenters. The minimum Gasteiger partial charge on any atom is -0.457 e. The Morgan fingerprint density at radius 1 is 0.293 bits per heavy atom. The molecular weight excluding hydrogens is 1080 g/mol. The SMILES string of the molecule is Brc1ccc(Oc2ccccc2)cc1Oc1ccccc1.OB(O)c1ccc(-n2c3ccccc3c3ccccc32)cc1.c1ccc(Oc2ccc(-c3ccc(-n4c5ccccc5c5ccccc54)cc3)c(Oc3ccccc3)c2)cc1. The smallest absolute Gasteiger partial charge is 0.457 e. The van der Waals surface area contributed by atoms with Crippen LogP contribution in [-0.2, 0) is 0 Å². The molecule has 10 heteroatoms. The molecule has 14 rings (SSSR count). The first-order chi connectivity index (χ1) is 40.4. The average molecular weight is 1130 g/mol. The van der Waals surface area contributed by atoms with Gasteiger partial charge in [-0.25, -0.2) is 0 Å². The standard InChI is InChI=1S/C36H25NO2.C18H14BNO2.C18H13BrO2/c1-3-11-28(12-4-1)38-30-23-24-31(36(25-30)39-29-13-5-2-6-14-29)26-19-21-27(22-20-26)37-34-17-9-7-15-32(34)33-16-8-10-18-35(33)37;21-19(22)13-9-11-14(12-10-13)20-17-7-3-1-5-15(17)16-6-2-4-8-18(16)20;19-17-12-11-16(20-14-7-3-1-4-8-14)13-18(17)21-15-9-5-2-6-10-15/h1-25H;1-12,21-22H;1-13H. The zero-order valence-corrected chi connectivity index (χ0v) is 45.8. The quantitative estimate of drug-likeness (QED) is 0.119. The summed E-state index contributed by atoms with van der Waals surface area (Å²) in [4.78, 5) is 0. The molecule has 0 aliphatic heterocycles. The minimum absolute atomic E-state index is 0.490. The molecule has 0 fully saturated rings. The van der Waals surface area contributed by atoms with Crippen molar-refractivity contribution in [2.24, 2.45) is 0 Å². The lowest BCUT2D eigenvalue weighted by Gasteiger charge is -2.15. The molecule has 0 bridgehead atoms. The normalized spacial score (nSPS) is 10.9. The van der Waals surface area contributed by atoms with Crippen LogP contribution < -0.4 is 24.4 Å². The maximum absolute atomic E-state index is 9.24. The van der Waals surface area contributed by atoms with Crippen LogP contribution in [0.5, 0.6) is 46.0 Å². The monoisotopic (exact) mass is 1130 g/mol. The van der Waals surface area contributed by atoms with Crippen LogP contribution in [0.2, 0.25) is 0 Å². The van der Waals surface area contributed by atoms with Crippen LogP contribution in [0.25, 0.3) is 66.1 Å². The number of hydrogen-bond acceptors (Lipinski definition) is 6. The molecule has 396 valence electrons. The molecule has 0 unspecified atom stereocenters. The van der Waals surface area contributed by atoms with Crippen molar-refractivity contribution in [1.82, 2.24) is 9.13 Å². The van der Waals surface area contributed by atoms with Gasteiger partial charge in [0.25, 0.3) is 0 Å². The summed E-state index contributed by atoms with van der Waals surface area (Å²) in [7, 11) is -1.44. The molecule has 14 aromatic rings. The fourth-order valence-corrected chi connectivity index (χ4v) is 10.3. The molecule has 0 amide bonds. The molecule has 0 radical (unpaired) electrons. The van der Waals surface area contributed by atoms with Crippen LogP contribution in [-0.4, -0.2) is 26.3 Å². The van der Waals surface area contributed by atoms with E-state index in [0.717, 1.165) is 84.0 Å². The van der Waals surface area contributed by atoms with Crippen LogP contribution in [0.15, 0.2) is 308 Å². The third kappa shape index (κ3) is 11.8. The highest BCUT2D eigenvalue weighted by atomic mass is 79.9. The maximum atomic E-state index is 9.24. The predicted molar refractivity (Wildman–Crippen MR) is 337 cm³/mol. The lowest BCUT2D eigenvalue weighted by atomic mass is 9.80. The van der Waals surface area contributed by atoms with E-state index in [0.29, 0.717) is 5.46 Å². The van der Waals surface area contributed by atoms with Crippen molar-refractivity contribution >= 4 is 72.1 Å². The summed E-state index contributed by atoms with van der Waals surface area (Å²) in [5.41, 5.74) is 9.34. The van der Waals surface area contributed by atoms with Crippen molar-refractivity contribution in [2.75, 3.05) is 0 Å². The molecule has 2 heterocycles. The zero-order valence-electron chi connectivity index (χ0n) is 44.2. The second-order valence-electron chi connectivity index (χ2n) is 19.2. The minimum atomic E-state index is -1.44. The number of rotatable bonds is 12. The van der Waals surface area contributed by atoms with E-state index >= 15 is 0 Å². The Morgan fingerprint density at radius 3 is 1.02 bits per heavy atom. The molecule has 82 heavy (non-hydrogen) atoms. The van der Waals surface area contributed by atoms with E-state index in [2.05, 4.69) is 128 Å².